The van der Waals surface area contributed by atoms with Crippen LogP contribution in [-0.2, 0) is 0 Å². The van der Waals surface area contributed by atoms with E-state index in [1.54, 1.807) is 12.3 Å². The van der Waals surface area contributed by atoms with E-state index in [1.807, 2.05) is 24.0 Å². The number of fused-ring (bicyclic) bond motifs is 2. The average Bonchev–Trinajstić information content (AvgIpc) is 3.70. The highest BCUT2D eigenvalue weighted by atomic mass is 35.5. The Kier molecular flexibility index (Phi) is 8.04. The number of ether oxygens (including phenoxy) is 2. The third-order valence-electron chi connectivity index (χ3n) is 10.2. The molecule has 3 aromatic heterocycles. The van der Waals surface area contributed by atoms with E-state index in [1.165, 1.54) is 12.1 Å². The van der Waals surface area contributed by atoms with E-state index in [0.29, 0.717) is 37.6 Å². The van der Waals surface area contributed by atoms with E-state index in [-0.39, 0.29) is 78.7 Å². The number of pyridine rings is 1. The predicted octanol–water partition coefficient (Wildman–Crippen LogP) is 7.18. The van der Waals surface area contributed by atoms with E-state index in [9.17, 15) is 9.65 Å². The fraction of sp³-hybridized carbons (Fsp3) is 0.371. The van der Waals surface area contributed by atoms with Crippen LogP contribution in [0.4, 0.5) is 29.8 Å². The molecular weight excluding hydrogens is 689 g/mol. The number of rotatable bonds is 7. The highest BCUT2D eigenvalue weighted by molar-refractivity contribution is 7.23. The van der Waals surface area contributed by atoms with Crippen LogP contribution < -0.4 is 25.8 Å². The van der Waals surface area contributed by atoms with Crippen LogP contribution in [0.1, 0.15) is 49.8 Å². The summed E-state index contributed by atoms with van der Waals surface area (Å²) in [5, 5.41) is 10.3. The second kappa shape index (κ2) is 12.3. The van der Waals surface area contributed by atoms with Gasteiger partial charge in [0.05, 0.1) is 38.8 Å². The Morgan fingerprint density at radius 1 is 1.22 bits per heavy atom. The number of halogens is 4. The number of nitrogens with two attached hydrogens (primary N) is 2. The SMILES string of the molecule is CCC(c1cccnc1N)N1CCOc2c(Cl)c(-c3ccc(F)c4sc(N)c(C#N)c34)c(F)c3nc(OC[C@@]45CCCN4C[C@H](F)C5)nc1c23. The molecule has 50 heavy (non-hydrogen) atoms. The lowest BCUT2D eigenvalue weighted by Gasteiger charge is -2.33. The summed E-state index contributed by atoms with van der Waals surface area (Å²) in [4.78, 5) is 17.9. The van der Waals surface area contributed by atoms with E-state index in [2.05, 4.69) is 14.9 Å². The summed E-state index contributed by atoms with van der Waals surface area (Å²) < 4.78 is 59.7. The Labute approximate surface area is 294 Å². The van der Waals surface area contributed by atoms with Gasteiger partial charge in [-0.15, -0.1) is 11.3 Å². The lowest BCUT2D eigenvalue weighted by Crippen LogP contribution is -2.43. The number of aromatic nitrogens is 3. The lowest BCUT2D eigenvalue weighted by molar-refractivity contribution is 0.107. The van der Waals surface area contributed by atoms with Gasteiger partial charge in [-0.2, -0.15) is 15.2 Å². The minimum atomic E-state index is -0.967. The fourth-order valence-electron chi connectivity index (χ4n) is 8.01. The van der Waals surface area contributed by atoms with Crippen LogP contribution in [0.25, 0.3) is 32.1 Å². The molecule has 0 amide bonds. The summed E-state index contributed by atoms with van der Waals surface area (Å²) >= 11 is 7.97. The van der Waals surface area contributed by atoms with Crippen LogP contribution in [0, 0.1) is 23.0 Å². The molecule has 15 heteroatoms. The molecule has 0 saturated carbocycles. The number of hydrogen-bond donors (Lipinski definition) is 2. The van der Waals surface area contributed by atoms with Crippen molar-refractivity contribution in [3.63, 3.8) is 0 Å². The van der Waals surface area contributed by atoms with Crippen LogP contribution in [0.5, 0.6) is 11.8 Å². The summed E-state index contributed by atoms with van der Waals surface area (Å²) in [5.41, 5.74) is 12.6. The first kappa shape index (κ1) is 32.6. The predicted molar refractivity (Wildman–Crippen MR) is 187 cm³/mol. The quantitative estimate of drug-likeness (QED) is 0.178. The third kappa shape index (κ3) is 4.97. The number of nitrogen functional groups attached to an aromatic ring is 2. The van der Waals surface area contributed by atoms with Crippen molar-refractivity contribution < 1.29 is 22.6 Å². The summed E-state index contributed by atoms with van der Waals surface area (Å²) in [6.45, 7) is 3.67. The Morgan fingerprint density at radius 3 is 2.84 bits per heavy atom. The molecule has 6 heterocycles. The zero-order valence-corrected chi connectivity index (χ0v) is 28.6. The Morgan fingerprint density at radius 2 is 2.06 bits per heavy atom. The van der Waals surface area contributed by atoms with Gasteiger partial charge in [0.2, 0.25) is 0 Å². The van der Waals surface area contributed by atoms with Crippen LogP contribution in [0.3, 0.4) is 0 Å². The standard InChI is InChI=1S/C35H32ClF3N8O2S/c1-2-22(18-5-3-9-43-31(18)41)47-11-12-48-29-25-28(44-34(45-33(25)47)49-16-35-8-4-10-46(35)15-17(37)13-35)27(39)24(26(29)36)19-6-7-21(38)30-23(19)20(14-40)32(42)50-30/h3,5-7,9,17,22H,2,4,8,10-13,15-16,42H2,1H3,(H2,41,43)/t17-,22?,35+/m1/s1. The summed E-state index contributed by atoms with van der Waals surface area (Å²) in [7, 11) is 0. The zero-order valence-electron chi connectivity index (χ0n) is 27.0. The van der Waals surface area contributed by atoms with E-state index >= 15 is 8.78 Å². The summed E-state index contributed by atoms with van der Waals surface area (Å²) in [6.07, 6.45) is 3.23. The molecule has 3 aliphatic rings. The Bertz CT molecular complexity index is 2230. The molecular formula is C35H32ClF3N8O2S. The number of hydrogen-bond acceptors (Lipinski definition) is 11. The molecule has 5 aromatic rings. The van der Waals surface area contributed by atoms with Gasteiger partial charge in [-0.3, -0.25) is 4.90 Å². The maximum Gasteiger partial charge on any atom is 0.319 e. The minimum Gasteiger partial charge on any atom is -0.489 e. The number of nitriles is 1. The third-order valence-corrected chi connectivity index (χ3v) is 11.6. The van der Waals surface area contributed by atoms with Crippen molar-refractivity contribution in [2.24, 2.45) is 0 Å². The van der Waals surface area contributed by atoms with Gasteiger partial charge < -0.3 is 25.8 Å². The zero-order chi connectivity index (χ0) is 34.9. The van der Waals surface area contributed by atoms with E-state index in [0.717, 1.165) is 36.3 Å². The highest BCUT2D eigenvalue weighted by Gasteiger charge is 2.49. The highest BCUT2D eigenvalue weighted by Crippen LogP contribution is 2.52. The first-order chi connectivity index (χ1) is 24.2. The molecule has 10 nitrogen and oxygen atoms in total. The molecule has 258 valence electrons. The molecule has 0 bridgehead atoms. The molecule has 2 saturated heterocycles. The normalized spacial score (nSPS) is 20.9. The first-order valence-electron chi connectivity index (χ1n) is 16.4. The molecule has 1 unspecified atom stereocenters. The van der Waals surface area contributed by atoms with Gasteiger partial charge >= 0.3 is 6.01 Å². The molecule has 3 aliphatic heterocycles. The van der Waals surface area contributed by atoms with Crippen LogP contribution in [0.15, 0.2) is 30.5 Å². The maximum absolute atomic E-state index is 17.3. The van der Waals surface area contributed by atoms with Crippen molar-refractivity contribution >= 4 is 60.6 Å². The van der Waals surface area contributed by atoms with Crippen molar-refractivity contribution in [1.82, 2.24) is 19.9 Å². The van der Waals surface area contributed by atoms with Crippen LogP contribution in [0.2, 0.25) is 5.02 Å². The van der Waals surface area contributed by atoms with Crippen molar-refractivity contribution in [2.45, 2.75) is 50.4 Å². The lowest BCUT2D eigenvalue weighted by atomic mass is 9.95. The second-order valence-electron chi connectivity index (χ2n) is 12.9. The number of thiophene rings is 1. The molecule has 0 radical (unpaired) electrons. The van der Waals surface area contributed by atoms with Crippen molar-refractivity contribution in [2.75, 3.05) is 49.2 Å². The second-order valence-corrected chi connectivity index (χ2v) is 14.4. The van der Waals surface area contributed by atoms with Crippen molar-refractivity contribution in [3.8, 4) is 29.0 Å². The van der Waals surface area contributed by atoms with Gasteiger partial charge in [-0.1, -0.05) is 30.7 Å². The van der Waals surface area contributed by atoms with Gasteiger partial charge in [0.25, 0.3) is 0 Å². The molecule has 4 N–H and O–H groups in total. The molecule has 8 rings (SSSR count). The van der Waals surface area contributed by atoms with Crippen molar-refractivity contribution in [3.05, 3.63) is 58.2 Å². The van der Waals surface area contributed by atoms with Gasteiger partial charge in [-0.25, -0.2) is 18.2 Å². The van der Waals surface area contributed by atoms with Gasteiger partial charge in [0.15, 0.2) is 11.6 Å². The Balaban J connectivity index is 1.37. The van der Waals surface area contributed by atoms with Gasteiger partial charge in [0.1, 0.15) is 53.4 Å². The molecule has 3 atom stereocenters. The van der Waals surface area contributed by atoms with Crippen LogP contribution in [-0.4, -0.2) is 64.4 Å². The van der Waals surface area contributed by atoms with Gasteiger partial charge in [-0.05, 0) is 43.5 Å². The molecule has 0 spiro atoms. The average molecular weight is 721 g/mol. The number of alkyl halides is 1. The topological polar surface area (TPSA) is 139 Å². The van der Waals surface area contributed by atoms with Crippen molar-refractivity contribution in [1.29, 1.82) is 5.26 Å². The largest absolute Gasteiger partial charge is 0.489 e. The fourth-order valence-corrected chi connectivity index (χ4v) is 9.29. The minimum absolute atomic E-state index is 0.0170. The molecule has 0 aliphatic carbocycles. The van der Waals surface area contributed by atoms with E-state index in [4.69, 9.17) is 37.5 Å². The smallest absolute Gasteiger partial charge is 0.319 e. The Hall–Kier alpha value is -4.58. The van der Waals surface area contributed by atoms with E-state index < -0.39 is 23.3 Å². The van der Waals surface area contributed by atoms with Gasteiger partial charge in [0, 0.05) is 35.7 Å². The summed E-state index contributed by atoms with van der Waals surface area (Å²) in [6, 6.07) is 7.82. The number of nitrogens with zero attached hydrogens (tertiary/aromatic N) is 6. The first-order valence-corrected chi connectivity index (χ1v) is 17.6. The number of benzene rings is 2. The van der Waals surface area contributed by atoms with Crippen LogP contribution >= 0.6 is 22.9 Å². The molecule has 2 fully saturated rings. The summed E-state index contributed by atoms with van der Waals surface area (Å²) in [5.74, 6) is -0.650. The number of anilines is 3. The maximum atomic E-state index is 17.3. The molecule has 2 aromatic carbocycles. The monoisotopic (exact) mass is 720 g/mol.